The van der Waals surface area contributed by atoms with Crippen LogP contribution >= 0.6 is 0 Å². The summed E-state index contributed by atoms with van der Waals surface area (Å²) in [6.07, 6.45) is 5.30. The number of nitrogens with zero attached hydrogens (tertiary/aromatic N) is 1. The highest BCUT2D eigenvalue weighted by Gasteiger charge is 2.40. The number of carbonyl (C=O) groups excluding carboxylic acids is 1. The van der Waals surface area contributed by atoms with E-state index in [1.54, 1.807) is 6.07 Å². The number of methoxy groups -OCH3 is 1. The van der Waals surface area contributed by atoms with E-state index in [1.165, 1.54) is 18.7 Å². The number of hydrogen-bond donors (Lipinski definition) is 0. The summed E-state index contributed by atoms with van der Waals surface area (Å²) in [6.45, 7) is 0.287. The van der Waals surface area contributed by atoms with Crippen LogP contribution in [0.25, 0.3) is 0 Å². The van der Waals surface area contributed by atoms with Gasteiger partial charge < -0.3 is 9.47 Å². The van der Waals surface area contributed by atoms with Crippen LogP contribution in [0.15, 0.2) is 60.2 Å². The van der Waals surface area contributed by atoms with Gasteiger partial charge in [0.1, 0.15) is 18.2 Å². The molecule has 1 fully saturated rings. The highest BCUT2D eigenvalue weighted by molar-refractivity contribution is 5.70. The molecule has 2 aromatic rings. The van der Waals surface area contributed by atoms with Gasteiger partial charge in [-0.1, -0.05) is 42.0 Å². The standard InChI is InChI=1S/C23H24FNO3/c1-27-22-13-17(10-19(24)14-22)9-18-11-20-7-8-21(12-18)25(20)23(26)28-15-16-5-3-2-4-6-16/h2-6,10-11,13-14,20-21H,7-9,12,15H2,1H3. The van der Waals surface area contributed by atoms with Crippen LogP contribution in [-0.2, 0) is 17.8 Å². The van der Waals surface area contributed by atoms with Crippen molar-refractivity contribution in [3.8, 4) is 5.75 Å². The fourth-order valence-electron chi connectivity index (χ4n) is 4.23. The molecule has 2 unspecified atom stereocenters. The Morgan fingerprint density at radius 1 is 1.14 bits per heavy atom. The van der Waals surface area contributed by atoms with Crippen LogP contribution in [0.4, 0.5) is 9.18 Å². The van der Waals surface area contributed by atoms with E-state index < -0.39 is 0 Å². The van der Waals surface area contributed by atoms with Crippen molar-refractivity contribution in [1.82, 2.24) is 4.90 Å². The Morgan fingerprint density at radius 2 is 1.96 bits per heavy atom. The molecule has 4 rings (SSSR count). The van der Waals surface area contributed by atoms with Gasteiger partial charge >= 0.3 is 6.09 Å². The zero-order valence-corrected chi connectivity index (χ0v) is 15.9. The Hall–Kier alpha value is -2.82. The number of fused-ring (bicyclic) bond motifs is 2. The van der Waals surface area contributed by atoms with E-state index in [2.05, 4.69) is 6.08 Å². The number of rotatable bonds is 5. The summed E-state index contributed by atoms with van der Waals surface area (Å²) in [4.78, 5) is 14.5. The third-order valence-electron chi connectivity index (χ3n) is 5.49. The summed E-state index contributed by atoms with van der Waals surface area (Å²) in [7, 11) is 1.54. The van der Waals surface area contributed by atoms with E-state index in [-0.39, 0.29) is 30.6 Å². The van der Waals surface area contributed by atoms with Gasteiger partial charge in [0, 0.05) is 12.1 Å². The predicted octanol–water partition coefficient (Wildman–Crippen LogP) is 4.88. The molecule has 0 saturated carbocycles. The summed E-state index contributed by atoms with van der Waals surface area (Å²) in [6, 6.07) is 14.7. The van der Waals surface area contributed by atoms with Crippen molar-refractivity contribution in [2.24, 2.45) is 0 Å². The van der Waals surface area contributed by atoms with Crippen LogP contribution < -0.4 is 4.74 Å². The molecule has 146 valence electrons. The quantitative estimate of drug-likeness (QED) is 0.693. The van der Waals surface area contributed by atoms with Gasteiger partial charge in [0.15, 0.2) is 0 Å². The van der Waals surface area contributed by atoms with E-state index in [9.17, 15) is 9.18 Å². The molecule has 2 aliphatic rings. The molecule has 2 atom stereocenters. The molecular weight excluding hydrogens is 357 g/mol. The van der Waals surface area contributed by atoms with Crippen molar-refractivity contribution >= 4 is 6.09 Å². The van der Waals surface area contributed by atoms with Gasteiger partial charge in [0.05, 0.1) is 13.2 Å². The minimum absolute atomic E-state index is 0.0625. The minimum Gasteiger partial charge on any atom is -0.497 e. The van der Waals surface area contributed by atoms with Gasteiger partial charge in [0.25, 0.3) is 0 Å². The van der Waals surface area contributed by atoms with Crippen molar-refractivity contribution in [2.75, 3.05) is 7.11 Å². The molecule has 4 nitrogen and oxygen atoms in total. The number of hydrogen-bond acceptors (Lipinski definition) is 3. The van der Waals surface area contributed by atoms with Crippen molar-refractivity contribution in [2.45, 2.75) is 44.4 Å². The molecule has 0 aliphatic carbocycles. The van der Waals surface area contributed by atoms with E-state index >= 15 is 0 Å². The van der Waals surface area contributed by atoms with Crippen LogP contribution in [0.2, 0.25) is 0 Å². The van der Waals surface area contributed by atoms with Crippen LogP contribution in [-0.4, -0.2) is 30.2 Å². The molecule has 0 radical (unpaired) electrons. The third-order valence-corrected chi connectivity index (χ3v) is 5.49. The molecule has 0 aromatic heterocycles. The average Bonchev–Trinajstić information content (AvgIpc) is 2.97. The van der Waals surface area contributed by atoms with Gasteiger partial charge in [-0.3, -0.25) is 4.90 Å². The molecule has 2 bridgehead atoms. The average molecular weight is 381 g/mol. The Morgan fingerprint density at radius 3 is 2.71 bits per heavy atom. The second-order valence-electron chi connectivity index (χ2n) is 7.45. The first-order valence-electron chi connectivity index (χ1n) is 9.64. The van der Waals surface area contributed by atoms with E-state index in [0.29, 0.717) is 12.2 Å². The third kappa shape index (κ3) is 4.03. The molecule has 0 N–H and O–H groups in total. The SMILES string of the molecule is COc1cc(F)cc(CC2=CC3CCC(C2)N3C(=O)OCc2ccccc2)c1. The Labute approximate surface area is 164 Å². The van der Waals surface area contributed by atoms with Crippen LogP contribution in [0.5, 0.6) is 5.75 Å². The molecule has 1 saturated heterocycles. The summed E-state index contributed by atoms with van der Waals surface area (Å²) < 4.78 is 24.5. The maximum Gasteiger partial charge on any atom is 0.410 e. The highest BCUT2D eigenvalue weighted by atomic mass is 19.1. The molecule has 1 amide bonds. The number of carbonyl (C=O) groups is 1. The second-order valence-corrected chi connectivity index (χ2v) is 7.45. The van der Waals surface area contributed by atoms with Crippen LogP contribution in [0.1, 0.15) is 30.4 Å². The minimum atomic E-state index is -0.292. The summed E-state index contributed by atoms with van der Waals surface area (Å²) in [5.74, 6) is 0.236. The number of benzene rings is 2. The lowest BCUT2D eigenvalue weighted by Gasteiger charge is -2.33. The maximum atomic E-state index is 13.8. The molecule has 5 heteroatoms. The predicted molar refractivity (Wildman–Crippen MR) is 105 cm³/mol. The topological polar surface area (TPSA) is 38.8 Å². The zero-order valence-electron chi connectivity index (χ0n) is 15.9. The van der Waals surface area contributed by atoms with E-state index in [0.717, 1.165) is 30.4 Å². The molecule has 2 aliphatic heterocycles. The number of halogens is 1. The van der Waals surface area contributed by atoms with Crippen molar-refractivity contribution < 1.29 is 18.7 Å². The van der Waals surface area contributed by atoms with Gasteiger partial charge in [0.2, 0.25) is 0 Å². The van der Waals surface area contributed by atoms with Gasteiger partial charge in [-0.05, 0) is 48.9 Å². The fourth-order valence-corrected chi connectivity index (χ4v) is 4.23. The largest absolute Gasteiger partial charge is 0.497 e. The monoisotopic (exact) mass is 381 g/mol. The Balaban J connectivity index is 1.42. The molecular formula is C23H24FNO3. The Kier molecular flexibility index (Phi) is 5.33. The van der Waals surface area contributed by atoms with Crippen LogP contribution in [0.3, 0.4) is 0 Å². The first kappa shape index (κ1) is 18.5. The summed E-state index contributed by atoms with van der Waals surface area (Å²) in [5, 5.41) is 0. The summed E-state index contributed by atoms with van der Waals surface area (Å²) in [5.41, 5.74) is 3.12. The van der Waals surface area contributed by atoms with Crippen molar-refractivity contribution in [3.63, 3.8) is 0 Å². The Bertz CT molecular complexity index is 881. The zero-order chi connectivity index (χ0) is 19.5. The first-order chi connectivity index (χ1) is 13.6. The van der Waals surface area contributed by atoms with E-state index in [1.807, 2.05) is 41.3 Å². The smallest absolute Gasteiger partial charge is 0.410 e. The fraction of sp³-hybridized carbons (Fsp3) is 0.348. The van der Waals surface area contributed by atoms with Crippen molar-refractivity contribution in [3.05, 3.63) is 77.1 Å². The first-order valence-corrected chi connectivity index (χ1v) is 9.64. The highest BCUT2D eigenvalue weighted by Crippen LogP contribution is 2.36. The molecule has 2 aromatic carbocycles. The molecule has 2 heterocycles. The number of ether oxygens (including phenoxy) is 2. The molecule has 28 heavy (non-hydrogen) atoms. The maximum absolute atomic E-state index is 13.8. The summed E-state index contributed by atoms with van der Waals surface area (Å²) >= 11 is 0. The second kappa shape index (κ2) is 8.05. The lowest BCUT2D eigenvalue weighted by Crippen LogP contribution is -2.43. The normalized spacial score (nSPS) is 20.6. The van der Waals surface area contributed by atoms with Gasteiger partial charge in [-0.2, -0.15) is 0 Å². The van der Waals surface area contributed by atoms with E-state index in [4.69, 9.17) is 9.47 Å². The van der Waals surface area contributed by atoms with Crippen LogP contribution in [0, 0.1) is 5.82 Å². The number of amides is 1. The lowest BCUT2D eigenvalue weighted by molar-refractivity contribution is 0.0816. The van der Waals surface area contributed by atoms with Crippen molar-refractivity contribution in [1.29, 1.82) is 0 Å². The lowest BCUT2D eigenvalue weighted by atomic mass is 9.95. The van der Waals surface area contributed by atoms with Gasteiger partial charge in [-0.25, -0.2) is 9.18 Å². The molecule has 0 spiro atoms. The van der Waals surface area contributed by atoms with Gasteiger partial charge in [-0.15, -0.1) is 0 Å².